The van der Waals surface area contributed by atoms with Crippen molar-refractivity contribution in [2.24, 2.45) is 0 Å². The molecule has 0 aliphatic heterocycles. The molecule has 1 amide bonds. The van der Waals surface area contributed by atoms with Crippen LogP contribution in [0, 0.1) is 0 Å². The Labute approximate surface area is 93.7 Å². The molecule has 0 aliphatic carbocycles. The monoisotopic (exact) mass is 225 g/mol. The van der Waals surface area contributed by atoms with Gasteiger partial charge in [-0.1, -0.05) is 6.92 Å². The first-order chi connectivity index (χ1) is 7.24. The molecule has 0 radical (unpaired) electrons. The molecule has 82 valence electrons. The van der Waals surface area contributed by atoms with Gasteiger partial charge < -0.3 is 11.1 Å². The van der Waals surface area contributed by atoms with Crippen molar-refractivity contribution in [3.63, 3.8) is 0 Å². The molecule has 0 unspecified atom stereocenters. The number of aromatic nitrogens is 1. The second-order valence-corrected chi connectivity index (χ2v) is 4.32. The third-order valence-corrected chi connectivity index (χ3v) is 2.69. The molecule has 0 saturated carbocycles. The van der Waals surface area contributed by atoms with E-state index in [1.807, 2.05) is 0 Å². The molecule has 0 saturated heterocycles. The molecule has 0 fully saturated rings. The van der Waals surface area contributed by atoms with Gasteiger partial charge in [0.15, 0.2) is 0 Å². The maximum absolute atomic E-state index is 11.5. The van der Waals surface area contributed by atoms with E-state index in [0.29, 0.717) is 17.9 Å². The molecular formula is C10H15N3OS. The molecule has 1 heterocycles. The molecule has 1 rings (SSSR count). The van der Waals surface area contributed by atoms with Crippen LogP contribution < -0.4 is 11.1 Å². The van der Waals surface area contributed by atoms with Crippen molar-refractivity contribution < 1.29 is 4.79 Å². The van der Waals surface area contributed by atoms with Gasteiger partial charge in [-0.25, -0.2) is 4.98 Å². The van der Waals surface area contributed by atoms with Crippen LogP contribution in [-0.4, -0.2) is 28.9 Å². The Morgan fingerprint density at radius 3 is 3.00 bits per heavy atom. The first-order valence-electron chi connectivity index (χ1n) is 4.81. The topological polar surface area (TPSA) is 68.0 Å². The lowest BCUT2D eigenvalue weighted by atomic mass is 10.2. The van der Waals surface area contributed by atoms with Gasteiger partial charge >= 0.3 is 0 Å². The Kier molecular flexibility index (Phi) is 4.97. The van der Waals surface area contributed by atoms with Crippen molar-refractivity contribution in [1.29, 1.82) is 0 Å². The van der Waals surface area contributed by atoms with Crippen LogP contribution in [0.2, 0.25) is 0 Å². The second kappa shape index (κ2) is 6.29. The zero-order valence-corrected chi connectivity index (χ0v) is 9.51. The molecule has 3 N–H and O–H groups in total. The minimum atomic E-state index is -0.0980. The van der Waals surface area contributed by atoms with Crippen LogP contribution >= 0.6 is 11.8 Å². The van der Waals surface area contributed by atoms with Crippen LogP contribution in [0.5, 0.6) is 0 Å². The zero-order valence-electron chi connectivity index (χ0n) is 8.69. The van der Waals surface area contributed by atoms with E-state index >= 15 is 0 Å². The predicted molar refractivity (Wildman–Crippen MR) is 64.0 cm³/mol. The minimum Gasteiger partial charge on any atom is -0.384 e. The van der Waals surface area contributed by atoms with Crippen LogP contribution in [0.3, 0.4) is 0 Å². The number of nitrogens with zero attached hydrogens (tertiary/aromatic N) is 1. The molecule has 1 aromatic rings. The Morgan fingerprint density at radius 2 is 2.40 bits per heavy atom. The summed E-state index contributed by atoms with van der Waals surface area (Å²) in [5.41, 5.74) is 5.97. The molecule has 1 aromatic heterocycles. The summed E-state index contributed by atoms with van der Waals surface area (Å²) in [6.45, 7) is 2.78. The summed E-state index contributed by atoms with van der Waals surface area (Å²) < 4.78 is 0. The lowest BCUT2D eigenvalue weighted by Crippen LogP contribution is -2.25. The van der Waals surface area contributed by atoms with Crippen LogP contribution in [0.4, 0.5) is 5.82 Å². The maximum Gasteiger partial charge on any atom is 0.252 e. The molecule has 0 spiro atoms. The fourth-order valence-corrected chi connectivity index (χ4v) is 1.56. The van der Waals surface area contributed by atoms with Crippen molar-refractivity contribution in [2.45, 2.75) is 6.92 Å². The maximum atomic E-state index is 11.5. The van der Waals surface area contributed by atoms with Crippen molar-refractivity contribution >= 4 is 23.5 Å². The van der Waals surface area contributed by atoms with E-state index in [1.54, 1.807) is 23.9 Å². The number of nitrogen functional groups attached to an aromatic ring is 1. The highest BCUT2D eigenvalue weighted by Crippen LogP contribution is 2.01. The summed E-state index contributed by atoms with van der Waals surface area (Å²) in [5.74, 6) is 2.33. The average molecular weight is 225 g/mol. The standard InChI is InChI=1S/C10H15N3OS/c1-2-15-6-5-12-10(14)8-3-4-9(11)13-7-8/h3-4,7H,2,5-6H2,1H3,(H2,11,13)(H,12,14). The van der Waals surface area contributed by atoms with Gasteiger partial charge in [0, 0.05) is 18.5 Å². The third kappa shape index (κ3) is 4.20. The van der Waals surface area contributed by atoms with Gasteiger partial charge in [-0.05, 0) is 17.9 Å². The Balaban J connectivity index is 2.37. The fraction of sp³-hybridized carbons (Fsp3) is 0.400. The summed E-state index contributed by atoms with van der Waals surface area (Å²) in [6.07, 6.45) is 1.48. The van der Waals surface area contributed by atoms with E-state index in [2.05, 4.69) is 17.2 Å². The Hall–Kier alpha value is -1.23. The lowest BCUT2D eigenvalue weighted by molar-refractivity contribution is 0.0956. The average Bonchev–Trinajstić information content (AvgIpc) is 2.25. The summed E-state index contributed by atoms with van der Waals surface area (Å²) in [6, 6.07) is 3.29. The molecule has 0 atom stereocenters. The van der Waals surface area contributed by atoms with Gasteiger partial charge in [0.2, 0.25) is 0 Å². The van der Waals surface area contributed by atoms with Crippen LogP contribution in [0.1, 0.15) is 17.3 Å². The van der Waals surface area contributed by atoms with Gasteiger partial charge in [0.05, 0.1) is 5.56 Å². The number of hydrogen-bond donors (Lipinski definition) is 2. The number of thioether (sulfide) groups is 1. The summed E-state index contributed by atoms with van der Waals surface area (Å²) in [4.78, 5) is 15.4. The van der Waals surface area contributed by atoms with E-state index in [9.17, 15) is 4.79 Å². The van der Waals surface area contributed by atoms with Gasteiger partial charge in [-0.3, -0.25) is 4.79 Å². The number of rotatable bonds is 5. The van der Waals surface area contributed by atoms with Crippen molar-refractivity contribution in [1.82, 2.24) is 10.3 Å². The normalized spacial score (nSPS) is 9.93. The number of pyridine rings is 1. The minimum absolute atomic E-state index is 0.0980. The highest BCUT2D eigenvalue weighted by atomic mass is 32.2. The number of amides is 1. The molecule has 0 aliphatic rings. The third-order valence-electron chi connectivity index (χ3n) is 1.78. The van der Waals surface area contributed by atoms with Crippen LogP contribution in [0.25, 0.3) is 0 Å². The quantitative estimate of drug-likeness (QED) is 0.738. The summed E-state index contributed by atoms with van der Waals surface area (Å²) >= 11 is 1.80. The number of nitrogens with one attached hydrogen (secondary N) is 1. The largest absolute Gasteiger partial charge is 0.384 e. The van der Waals surface area contributed by atoms with Gasteiger partial charge in [0.1, 0.15) is 5.82 Å². The molecule has 0 aromatic carbocycles. The molecule has 15 heavy (non-hydrogen) atoms. The van der Waals surface area contributed by atoms with Gasteiger partial charge in [-0.15, -0.1) is 0 Å². The van der Waals surface area contributed by atoms with Crippen molar-refractivity contribution in [3.05, 3.63) is 23.9 Å². The number of hydrogen-bond acceptors (Lipinski definition) is 4. The van der Waals surface area contributed by atoms with Gasteiger partial charge in [0.25, 0.3) is 5.91 Å². The Bertz CT molecular complexity index is 313. The first kappa shape index (κ1) is 11.8. The van der Waals surface area contributed by atoms with E-state index in [1.165, 1.54) is 6.20 Å². The van der Waals surface area contributed by atoms with Gasteiger partial charge in [-0.2, -0.15) is 11.8 Å². The number of anilines is 1. The van der Waals surface area contributed by atoms with Crippen molar-refractivity contribution in [3.8, 4) is 0 Å². The van der Waals surface area contributed by atoms with E-state index in [-0.39, 0.29) is 5.91 Å². The summed E-state index contributed by atoms with van der Waals surface area (Å²) in [5, 5.41) is 2.81. The molecule has 0 bridgehead atoms. The Morgan fingerprint density at radius 1 is 1.60 bits per heavy atom. The van der Waals surface area contributed by atoms with Crippen LogP contribution in [-0.2, 0) is 0 Å². The zero-order chi connectivity index (χ0) is 11.1. The SMILES string of the molecule is CCSCCNC(=O)c1ccc(N)nc1. The highest BCUT2D eigenvalue weighted by Gasteiger charge is 2.03. The highest BCUT2D eigenvalue weighted by molar-refractivity contribution is 7.99. The van der Waals surface area contributed by atoms with E-state index in [0.717, 1.165) is 11.5 Å². The van der Waals surface area contributed by atoms with Crippen molar-refractivity contribution in [2.75, 3.05) is 23.8 Å². The summed E-state index contributed by atoms with van der Waals surface area (Å²) in [7, 11) is 0. The predicted octanol–water partition coefficient (Wildman–Crippen LogP) is 1.15. The fourth-order valence-electron chi connectivity index (χ4n) is 1.02. The number of nitrogens with two attached hydrogens (primary N) is 1. The molecular weight excluding hydrogens is 210 g/mol. The van der Waals surface area contributed by atoms with E-state index in [4.69, 9.17) is 5.73 Å². The van der Waals surface area contributed by atoms with E-state index < -0.39 is 0 Å². The smallest absolute Gasteiger partial charge is 0.252 e. The number of carbonyl (C=O) groups is 1. The second-order valence-electron chi connectivity index (χ2n) is 2.92. The first-order valence-corrected chi connectivity index (χ1v) is 5.97. The lowest BCUT2D eigenvalue weighted by Gasteiger charge is -2.04. The molecule has 5 heteroatoms. The van der Waals surface area contributed by atoms with Crippen LogP contribution in [0.15, 0.2) is 18.3 Å². The molecule has 4 nitrogen and oxygen atoms in total. The number of carbonyl (C=O) groups excluding carboxylic acids is 1.